The Labute approximate surface area is 200 Å². The predicted molar refractivity (Wildman–Crippen MR) is 138 cm³/mol. The lowest BCUT2D eigenvalue weighted by atomic mass is 10.1. The van der Waals surface area contributed by atoms with Gasteiger partial charge in [0.1, 0.15) is 11.6 Å². The summed E-state index contributed by atoms with van der Waals surface area (Å²) in [5, 5.41) is 12.5. The van der Waals surface area contributed by atoms with Gasteiger partial charge in [0.2, 0.25) is 0 Å². The molecular weight excluding hydrogens is 418 g/mol. The molecule has 0 aromatic heterocycles. The molecule has 0 fully saturated rings. The zero-order chi connectivity index (χ0) is 23.8. The van der Waals surface area contributed by atoms with E-state index in [9.17, 15) is 10.1 Å². The van der Waals surface area contributed by atoms with Crippen LogP contribution in [0.2, 0.25) is 0 Å². The molecule has 4 rings (SSSR count). The fourth-order valence-corrected chi connectivity index (χ4v) is 3.74. The Morgan fingerprint density at radius 2 is 1.24 bits per heavy atom. The van der Waals surface area contributed by atoms with E-state index in [0.29, 0.717) is 0 Å². The average molecular weight is 444 g/mol. The number of para-hydroxylation sites is 2. The van der Waals surface area contributed by atoms with Gasteiger partial charge >= 0.3 is 0 Å². The standard InChI is InChI=1S/C30H25N3O/c1-23(25-11-5-2-6-12-25)32-30(34)26(22-31)21-24-17-19-29(20-18-24)33(27-13-7-3-8-14-27)28-15-9-4-10-16-28/h2-21,23H,1H3,(H,32,34)/b26-21-/t23-/m1/s1. The maximum Gasteiger partial charge on any atom is 0.262 e. The third-order valence-corrected chi connectivity index (χ3v) is 5.50. The molecular formula is C30H25N3O. The van der Waals surface area contributed by atoms with Crippen LogP contribution in [0.3, 0.4) is 0 Å². The first-order valence-corrected chi connectivity index (χ1v) is 11.1. The molecule has 4 aromatic carbocycles. The number of nitrogens with zero attached hydrogens (tertiary/aromatic N) is 2. The lowest BCUT2D eigenvalue weighted by molar-refractivity contribution is -0.117. The zero-order valence-corrected chi connectivity index (χ0v) is 18.9. The highest BCUT2D eigenvalue weighted by Gasteiger charge is 2.15. The average Bonchev–Trinajstić information content (AvgIpc) is 2.90. The van der Waals surface area contributed by atoms with Gasteiger partial charge in [-0.3, -0.25) is 4.79 Å². The fraction of sp³-hybridized carbons (Fsp3) is 0.0667. The molecule has 1 amide bonds. The smallest absolute Gasteiger partial charge is 0.262 e. The molecule has 0 heterocycles. The van der Waals surface area contributed by atoms with Gasteiger partial charge in [0.05, 0.1) is 6.04 Å². The van der Waals surface area contributed by atoms with E-state index in [2.05, 4.69) is 34.5 Å². The van der Waals surface area contributed by atoms with E-state index in [0.717, 1.165) is 28.2 Å². The van der Waals surface area contributed by atoms with Crippen molar-refractivity contribution in [2.75, 3.05) is 4.90 Å². The summed E-state index contributed by atoms with van der Waals surface area (Å²) in [6.45, 7) is 1.90. The molecule has 1 N–H and O–H groups in total. The van der Waals surface area contributed by atoms with Crippen LogP contribution < -0.4 is 10.2 Å². The topological polar surface area (TPSA) is 56.1 Å². The molecule has 0 radical (unpaired) electrons. The lowest BCUT2D eigenvalue weighted by Gasteiger charge is -2.25. The highest BCUT2D eigenvalue weighted by molar-refractivity contribution is 6.01. The number of benzene rings is 4. The van der Waals surface area contributed by atoms with Crippen molar-refractivity contribution in [3.05, 3.63) is 132 Å². The van der Waals surface area contributed by atoms with Crippen LogP contribution in [0, 0.1) is 11.3 Å². The van der Waals surface area contributed by atoms with Gasteiger partial charge in [-0.05, 0) is 60.5 Å². The summed E-state index contributed by atoms with van der Waals surface area (Å²) in [7, 11) is 0. The molecule has 0 aliphatic heterocycles. The molecule has 4 aromatic rings. The van der Waals surface area contributed by atoms with Crippen LogP contribution in [-0.2, 0) is 4.79 Å². The van der Waals surface area contributed by atoms with Gasteiger partial charge in [-0.1, -0.05) is 78.9 Å². The Morgan fingerprint density at radius 3 is 1.74 bits per heavy atom. The number of rotatable bonds is 7. The molecule has 0 aliphatic carbocycles. The van der Waals surface area contributed by atoms with Crippen LogP contribution in [-0.4, -0.2) is 5.91 Å². The van der Waals surface area contributed by atoms with Crippen molar-refractivity contribution in [1.82, 2.24) is 5.32 Å². The Hall–Kier alpha value is -4.62. The Morgan fingerprint density at radius 1 is 0.765 bits per heavy atom. The number of carbonyl (C=O) groups is 1. The molecule has 4 heteroatoms. The first-order chi connectivity index (χ1) is 16.7. The number of nitrogens with one attached hydrogen (secondary N) is 1. The van der Waals surface area contributed by atoms with E-state index >= 15 is 0 Å². The van der Waals surface area contributed by atoms with Gasteiger partial charge in [0.15, 0.2) is 0 Å². The summed E-state index contributed by atoms with van der Waals surface area (Å²) in [5.41, 5.74) is 4.91. The van der Waals surface area contributed by atoms with E-state index in [-0.39, 0.29) is 11.6 Å². The fourth-order valence-electron chi connectivity index (χ4n) is 3.74. The largest absolute Gasteiger partial charge is 0.345 e. The second-order valence-electron chi connectivity index (χ2n) is 7.87. The minimum atomic E-state index is -0.391. The van der Waals surface area contributed by atoms with Gasteiger partial charge < -0.3 is 10.2 Å². The number of anilines is 3. The maximum absolute atomic E-state index is 12.7. The number of nitriles is 1. The van der Waals surface area contributed by atoms with E-state index in [4.69, 9.17) is 0 Å². The SMILES string of the molecule is C[C@@H](NC(=O)/C(C#N)=C\c1ccc(N(c2ccccc2)c2ccccc2)cc1)c1ccccc1. The minimum absolute atomic E-state index is 0.0681. The maximum atomic E-state index is 12.7. The molecule has 0 spiro atoms. The Kier molecular flexibility index (Phi) is 7.17. The van der Waals surface area contributed by atoms with Crippen molar-refractivity contribution in [2.45, 2.75) is 13.0 Å². The van der Waals surface area contributed by atoms with Gasteiger partial charge in [0, 0.05) is 17.1 Å². The van der Waals surface area contributed by atoms with Crippen molar-refractivity contribution in [3.63, 3.8) is 0 Å². The van der Waals surface area contributed by atoms with Crippen LogP contribution in [0.1, 0.15) is 24.1 Å². The summed E-state index contributed by atoms with van der Waals surface area (Å²) in [6, 6.07) is 39.6. The highest BCUT2D eigenvalue weighted by Crippen LogP contribution is 2.34. The van der Waals surface area contributed by atoms with Gasteiger partial charge in [-0.15, -0.1) is 0 Å². The summed E-state index contributed by atoms with van der Waals surface area (Å²) in [4.78, 5) is 14.9. The van der Waals surface area contributed by atoms with Gasteiger partial charge in [-0.2, -0.15) is 5.26 Å². The van der Waals surface area contributed by atoms with Crippen LogP contribution >= 0.6 is 0 Å². The van der Waals surface area contributed by atoms with Crippen molar-refractivity contribution >= 4 is 29.0 Å². The number of hydrogen-bond acceptors (Lipinski definition) is 3. The molecule has 166 valence electrons. The van der Waals surface area contributed by atoms with Crippen molar-refractivity contribution < 1.29 is 4.79 Å². The van der Waals surface area contributed by atoms with Crippen molar-refractivity contribution in [1.29, 1.82) is 5.26 Å². The minimum Gasteiger partial charge on any atom is -0.345 e. The third kappa shape index (κ3) is 5.40. The molecule has 0 unspecified atom stereocenters. The van der Waals surface area contributed by atoms with E-state index < -0.39 is 5.91 Å². The van der Waals surface area contributed by atoms with E-state index in [1.54, 1.807) is 6.08 Å². The zero-order valence-electron chi connectivity index (χ0n) is 18.9. The Bertz CT molecular complexity index is 1250. The lowest BCUT2D eigenvalue weighted by Crippen LogP contribution is -2.27. The highest BCUT2D eigenvalue weighted by atomic mass is 16.1. The first kappa shape index (κ1) is 22.6. The Balaban J connectivity index is 1.57. The number of hydrogen-bond donors (Lipinski definition) is 1. The van der Waals surface area contributed by atoms with Gasteiger partial charge in [0.25, 0.3) is 5.91 Å². The van der Waals surface area contributed by atoms with Gasteiger partial charge in [-0.25, -0.2) is 0 Å². The summed E-state index contributed by atoms with van der Waals surface area (Å²) < 4.78 is 0. The van der Waals surface area contributed by atoms with Crippen LogP contribution in [0.5, 0.6) is 0 Å². The second-order valence-corrected chi connectivity index (χ2v) is 7.87. The van der Waals surface area contributed by atoms with Crippen molar-refractivity contribution in [3.8, 4) is 6.07 Å². The summed E-state index contributed by atoms with van der Waals surface area (Å²) in [6.07, 6.45) is 1.62. The predicted octanol–water partition coefficient (Wildman–Crippen LogP) is 6.94. The molecule has 34 heavy (non-hydrogen) atoms. The molecule has 1 atom stereocenters. The van der Waals surface area contributed by atoms with Crippen LogP contribution in [0.25, 0.3) is 6.08 Å². The molecule has 0 saturated heterocycles. The third-order valence-electron chi connectivity index (χ3n) is 5.50. The molecule has 0 bridgehead atoms. The van der Waals surface area contributed by atoms with E-state index in [1.165, 1.54) is 0 Å². The first-order valence-electron chi connectivity index (χ1n) is 11.1. The second kappa shape index (κ2) is 10.8. The number of amides is 1. The quantitative estimate of drug-likeness (QED) is 0.249. The normalized spacial score (nSPS) is 11.8. The summed E-state index contributed by atoms with van der Waals surface area (Å²) >= 11 is 0. The molecule has 0 aliphatic rings. The van der Waals surface area contributed by atoms with Crippen LogP contribution in [0.15, 0.2) is 121 Å². The molecule has 4 nitrogen and oxygen atoms in total. The van der Waals surface area contributed by atoms with Crippen molar-refractivity contribution in [2.24, 2.45) is 0 Å². The number of carbonyl (C=O) groups excluding carboxylic acids is 1. The summed E-state index contributed by atoms with van der Waals surface area (Å²) in [5.74, 6) is -0.391. The molecule has 0 saturated carbocycles. The van der Waals surface area contributed by atoms with Crippen LogP contribution in [0.4, 0.5) is 17.1 Å². The monoisotopic (exact) mass is 443 g/mol. The van der Waals surface area contributed by atoms with E-state index in [1.807, 2.05) is 104 Å².